The number of nitrogens with zero attached hydrogens (tertiary/aromatic N) is 1. The van der Waals surface area contributed by atoms with Crippen molar-refractivity contribution >= 4 is 25.0 Å². The maximum atomic E-state index is 10.7. The summed E-state index contributed by atoms with van der Waals surface area (Å²) in [5.41, 5.74) is 4.73. The third kappa shape index (κ3) is 1.46. The second-order valence-corrected chi connectivity index (χ2v) is 1.91. The number of amides is 3. The molecule has 1 heterocycles. The van der Waals surface area contributed by atoms with Gasteiger partial charge < -0.3 is 10.5 Å². The smallest absolute Gasteiger partial charge is 0.375 e. The van der Waals surface area contributed by atoms with Crippen LogP contribution in [0.4, 0.5) is 4.79 Å². The summed E-state index contributed by atoms with van der Waals surface area (Å²) in [6.45, 7) is 0. The fourth-order valence-corrected chi connectivity index (χ4v) is 0.666. The van der Waals surface area contributed by atoms with Gasteiger partial charge in [0.05, 0.1) is 0 Å². The quantitative estimate of drug-likeness (QED) is 0.389. The molecule has 55 valence electrons. The number of primary amides is 1. The van der Waals surface area contributed by atoms with Crippen LogP contribution in [0.15, 0.2) is 12.2 Å². The molecule has 0 atom stereocenters. The summed E-state index contributed by atoms with van der Waals surface area (Å²) in [4.78, 5) is 32.3. The van der Waals surface area contributed by atoms with Gasteiger partial charge in [0.2, 0.25) is 11.8 Å². The molecule has 0 unspecified atom stereocenters. The molecule has 0 saturated carbocycles. The van der Waals surface area contributed by atoms with Crippen LogP contribution in [0.1, 0.15) is 0 Å². The lowest BCUT2D eigenvalue weighted by molar-refractivity contribution is -0.131. The molecule has 0 aromatic rings. The van der Waals surface area contributed by atoms with Crippen molar-refractivity contribution in [1.82, 2.24) is 4.81 Å². The number of nitrogens with two attached hydrogens (primary N) is 1. The molecule has 0 aromatic carbocycles. The third-order valence-electron chi connectivity index (χ3n) is 1.10. The van der Waals surface area contributed by atoms with Crippen molar-refractivity contribution in [1.29, 1.82) is 0 Å². The molecule has 1 rings (SSSR count). The first-order valence-corrected chi connectivity index (χ1v) is 2.81. The minimum absolute atomic E-state index is 0.547. The second-order valence-electron chi connectivity index (χ2n) is 1.91. The molecule has 5 nitrogen and oxygen atoms in total. The van der Waals surface area contributed by atoms with Gasteiger partial charge in [0.25, 0.3) is 0 Å². The largest absolute Gasteiger partial charge is 0.377 e. The van der Waals surface area contributed by atoms with Gasteiger partial charge in [-0.15, -0.1) is 0 Å². The van der Waals surface area contributed by atoms with E-state index in [0.717, 1.165) is 19.6 Å². The first kappa shape index (κ1) is 7.52. The molecule has 1 aliphatic rings. The fraction of sp³-hybridized carbons (Fsp3) is 0. The van der Waals surface area contributed by atoms with Gasteiger partial charge in [-0.1, -0.05) is 0 Å². The van der Waals surface area contributed by atoms with Gasteiger partial charge in [0, 0.05) is 12.2 Å². The monoisotopic (exact) mass is 151 g/mol. The lowest BCUT2D eigenvalue weighted by Gasteiger charge is -2.08. The lowest BCUT2D eigenvalue weighted by atomic mass is 9.91. The molecule has 11 heavy (non-hydrogen) atoms. The molecule has 0 fully saturated rings. The van der Waals surface area contributed by atoms with E-state index >= 15 is 0 Å². The number of imide groups is 1. The molecule has 0 aliphatic carbocycles. The van der Waals surface area contributed by atoms with E-state index in [1.807, 2.05) is 0 Å². The van der Waals surface area contributed by atoms with E-state index in [9.17, 15) is 14.4 Å². The van der Waals surface area contributed by atoms with Crippen LogP contribution < -0.4 is 5.73 Å². The van der Waals surface area contributed by atoms with E-state index in [2.05, 4.69) is 0 Å². The van der Waals surface area contributed by atoms with E-state index in [4.69, 9.17) is 5.73 Å². The molecular formula is C5H4BN2O3. The minimum Gasteiger partial charge on any atom is -0.377 e. The molecule has 1 aliphatic heterocycles. The normalized spacial score (nSPS) is 15.8. The first-order valence-electron chi connectivity index (χ1n) is 2.81. The minimum atomic E-state index is -0.824. The molecule has 0 saturated heterocycles. The zero-order chi connectivity index (χ0) is 8.43. The topological polar surface area (TPSA) is 80.5 Å². The maximum Gasteiger partial charge on any atom is 0.375 e. The summed E-state index contributed by atoms with van der Waals surface area (Å²) in [5, 5.41) is 0. The molecular weight excluding hydrogens is 147 g/mol. The molecule has 3 amide bonds. The van der Waals surface area contributed by atoms with Gasteiger partial charge in [-0.05, 0) is 0 Å². The van der Waals surface area contributed by atoms with Crippen LogP contribution in [0, 0.1) is 0 Å². The second kappa shape index (κ2) is 2.57. The van der Waals surface area contributed by atoms with Gasteiger partial charge in [-0.25, -0.2) is 0 Å². The van der Waals surface area contributed by atoms with Crippen LogP contribution in [-0.2, 0) is 9.59 Å². The molecule has 0 bridgehead atoms. The van der Waals surface area contributed by atoms with Crippen LogP contribution in [0.5, 0.6) is 0 Å². The summed E-state index contributed by atoms with van der Waals surface area (Å²) >= 11 is 0. The Morgan fingerprint density at radius 2 is 1.82 bits per heavy atom. The molecule has 1 radical (unpaired) electrons. The molecule has 0 spiro atoms. The van der Waals surface area contributed by atoms with Crippen molar-refractivity contribution in [2.45, 2.75) is 0 Å². The van der Waals surface area contributed by atoms with E-state index in [0.29, 0.717) is 4.81 Å². The average Bonchev–Trinajstić information content (AvgIpc) is 2.18. The van der Waals surface area contributed by atoms with Crippen molar-refractivity contribution in [2.24, 2.45) is 5.73 Å². The Bertz CT molecular complexity index is 242. The third-order valence-corrected chi connectivity index (χ3v) is 1.10. The molecule has 0 aromatic heterocycles. The van der Waals surface area contributed by atoms with Crippen molar-refractivity contribution in [2.75, 3.05) is 0 Å². The van der Waals surface area contributed by atoms with Gasteiger partial charge in [-0.3, -0.25) is 14.4 Å². The maximum absolute atomic E-state index is 10.7. The standard InChI is InChI=1S/C5H4BN2O3/c7-5(11)6-8-3(9)1-2-4(8)10/h1-2H,(H2,7,11). The Morgan fingerprint density at radius 3 is 2.18 bits per heavy atom. The summed E-state index contributed by atoms with van der Waals surface area (Å²) < 4.78 is 0. The highest BCUT2D eigenvalue weighted by Crippen LogP contribution is 2.00. The van der Waals surface area contributed by atoms with Gasteiger partial charge >= 0.3 is 7.41 Å². The number of rotatable bonds is 2. The van der Waals surface area contributed by atoms with E-state index in [1.165, 1.54) is 0 Å². The highest BCUT2D eigenvalue weighted by molar-refractivity contribution is 6.75. The predicted octanol–water partition coefficient (Wildman–Crippen LogP) is -1.39. The molecule has 2 N–H and O–H groups in total. The van der Waals surface area contributed by atoms with Crippen molar-refractivity contribution in [3.8, 4) is 0 Å². The SMILES string of the molecule is NC(=O)[B]N1C(=O)C=CC1=O. The zero-order valence-electron chi connectivity index (χ0n) is 5.48. The Kier molecular flexibility index (Phi) is 1.76. The summed E-state index contributed by atoms with van der Waals surface area (Å²) in [6, 6.07) is 0. The summed E-state index contributed by atoms with van der Waals surface area (Å²) in [5.74, 6) is -1.92. The van der Waals surface area contributed by atoms with Crippen molar-refractivity contribution < 1.29 is 14.4 Å². The Hall–Kier alpha value is -1.59. The Balaban J connectivity index is 2.66. The Morgan fingerprint density at radius 1 is 1.36 bits per heavy atom. The van der Waals surface area contributed by atoms with Crippen LogP contribution in [-0.4, -0.2) is 29.8 Å². The van der Waals surface area contributed by atoms with Gasteiger partial charge in [-0.2, -0.15) is 0 Å². The van der Waals surface area contributed by atoms with Gasteiger partial charge in [0.15, 0.2) is 5.81 Å². The summed E-state index contributed by atoms with van der Waals surface area (Å²) in [7, 11) is 0.755. The average molecular weight is 151 g/mol. The predicted molar refractivity (Wildman–Crippen MR) is 36.3 cm³/mol. The van der Waals surface area contributed by atoms with Crippen LogP contribution in [0.2, 0.25) is 0 Å². The van der Waals surface area contributed by atoms with Crippen molar-refractivity contribution in [3.63, 3.8) is 0 Å². The van der Waals surface area contributed by atoms with Crippen molar-refractivity contribution in [3.05, 3.63) is 12.2 Å². The highest BCUT2D eigenvalue weighted by atomic mass is 16.2. The number of carbonyl (C=O) groups excluding carboxylic acids is 3. The zero-order valence-corrected chi connectivity index (χ0v) is 5.48. The molecule has 6 heteroatoms. The fourth-order valence-electron chi connectivity index (χ4n) is 0.666. The van der Waals surface area contributed by atoms with Gasteiger partial charge in [0.1, 0.15) is 0 Å². The number of hydrogen-bond acceptors (Lipinski definition) is 3. The van der Waals surface area contributed by atoms with E-state index in [1.54, 1.807) is 0 Å². The van der Waals surface area contributed by atoms with E-state index in [-0.39, 0.29) is 0 Å². The number of carbonyl (C=O) groups is 3. The highest BCUT2D eigenvalue weighted by Gasteiger charge is 2.25. The van der Waals surface area contributed by atoms with Crippen LogP contribution in [0.25, 0.3) is 0 Å². The van der Waals surface area contributed by atoms with Crippen LogP contribution in [0.3, 0.4) is 0 Å². The Labute approximate surface area is 63.1 Å². The van der Waals surface area contributed by atoms with E-state index < -0.39 is 17.6 Å². The summed E-state index contributed by atoms with van der Waals surface area (Å²) in [6.07, 6.45) is 2.14. The number of hydrogen-bond donors (Lipinski definition) is 1. The first-order chi connectivity index (χ1) is 5.11. The lowest BCUT2D eigenvalue weighted by Crippen LogP contribution is -2.40. The van der Waals surface area contributed by atoms with Crippen LogP contribution >= 0.6 is 0 Å².